The first-order chi connectivity index (χ1) is 12.4. The number of nitrogens with zero attached hydrogens (tertiary/aromatic N) is 1. The van der Waals surface area contributed by atoms with Crippen LogP contribution in [0.2, 0.25) is 0 Å². The number of aryl methyl sites for hydroxylation is 2. The third-order valence-corrected chi connectivity index (χ3v) is 4.56. The number of aliphatic hydroxyl groups excluding tert-OH is 2. The lowest BCUT2D eigenvalue weighted by atomic mass is 10.0. The van der Waals surface area contributed by atoms with E-state index in [1.54, 1.807) is 24.4 Å². The molecule has 134 valence electrons. The van der Waals surface area contributed by atoms with Crippen molar-refractivity contribution in [1.82, 2.24) is 4.98 Å². The van der Waals surface area contributed by atoms with Gasteiger partial charge < -0.3 is 14.9 Å². The van der Waals surface area contributed by atoms with Gasteiger partial charge in [-0.2, -0.15) is 0 Å². The van der Waals surface area contributed by atoms with Crippen LogP contribution in [0.3, 0.4) is 0 Å². The fourth-order valence-corrected chi connectivity index (χ4v) is 2.91. The number of fused-ring (bicyclic) bond motifs is 1. The largest absolute Gasteiger partial charge is 0.456 e. The molecular weight excluding hydrogens is 330 g/mol. The number of aromatic nitrogens is 1. The van der Waals surface area contributed by atoms with Gasteiger partial charge >= 0.3 is 0 Å². The van der Waals surface area contributed by atoms with Crippen LogP contribution in [-0.2, 0) is 13.2 Å². The number of ketones is 1. The van der Waals surface area contributed by atoms with Crippen LogP contribution in [0.4, 0.5) is 0 Å². The van der Waals surface area contributed by atoms with E-state index in [1.165, 1.54) is 6.92 Å². The zero-order chi connectivity index (χ0) is 18.8. The standard InChI is InChI=1S/C21H21NO4/c1-12-6-17(14(3)25)21(7-13(12)2)26-20-4-5-22-19-9-16(11-24)15(10-23)8-18(19)20/h4-9,23-24H,10-11H2,1-3H3. The fourth-order valence-electron chi connectivity index (χ4n) is 2.91. The lowest BCUT2D eigenvalue weighted by molar-refractivity contribution is 0.101. The average molecular weight is 351 g/mol. The Labute approximate surface area is 151 Å². The first-order valence-corrected chi connectivity index (χ1v) is 8.37. The molecule has 0 radical (unpaired) electrons. The summed E-state index contributed by atoms with van der Waals surface area (Å²) in [4.78, 5) is 16.3. The molecule has 1 aromatic heterocycles. The second kappa shape index (κ2) is 7.23. The summed E-state index contributed by atoms with van der Waals surface area (Å²) in [5, 5.41) is 19.7. The molecule has 5 nitrogen and oxygen atoms in total. The minimum absolute atomic E-state index is 0.0694. The SMILES string of the molecule is CC(=O)c1cc(C)c(C)cc1Oc1ccnc2cc(CO)c(CO)cc12. The van der Waals surface area contributed by atoms with Gasteiger partial charge in [0.1, 0.15) is 11.5 Å². The van der Waals surface area contributed by atoms with Crippen LogP contribution in [0.5, 0.6) is 11.5 Å². The van der Waals surface area contributed by atoms with Gasteiger partial charge in [-0.1, -0.05) is 0 Å². The lowest BCUT2D eigenvalue weighted by Gasteiger charge is -2.15. The lowest BCUT2D eigenvalue weighted by Crippen LogP contribution is -2.01. The minimum atomic E-state index is -0.192. The molecule has 26 heavy (non-hydrogen) atoms. The van der Waals surface area contributed by atoms with Crippen molar-refractivity contribution in [2.75, 3.05) is 0 Å². The molecule has 0 atom stereocenters. The number of Topliss-reactive ketones (excluding diaryl/α,β-unsaturated/α-hetero) is 1. The topological polar surface area (TPSA) is 79.7 Å². The molecule has 0 saturated carbocycles. The molecule has 0 aliphatic heterocycles. The van der Waals surface area contributed by atoms with Crippen molar-refractivity contribution in [3.05, 3.63) is 64.3 Å². The zero-order valence-electron chi connectivity index (χ0n) is 15.0. The van der Waals surface area contributed by atoms with E-state index in [4.69, 9.17) is 4.74 Å². The number of pyridine rings is 1. The van der Waals surface area contributed by atoms with Gasteiger partial charge in [0.25, 0.3) is 0 Å². The number of hydrogen-bond donors (Lipinski definition) is 2. The van der Waals surface area contributed by atoms with Gasteiger partial charge in [-0.05, 0) is 73.4 Å². The predicted molar refractivity (Wildman–Crippen MR) is 99.6 cm³/mol. The van der Waals surface area contributed by atoms with E-state index in [-0.39, 0.29) is 19.0 Å². The summed E-state index contributed by atoms with van der Waals surface area (Å²) in [6, 6.07) is 8.91. The molecule has 2 N–H and O–H groups in total. The molecule has 0 spiro atoms. The first-order valence-electron chi connectivity index (χ1n) is 8.37. The number of benzene rings is 2. The highest BCUT2D eigenvalue weighted by molar-refractivity contribution is 5.97. The second-order valence-corrected chi connectivity index (χ2v) is 6.35. The maximum atomic E-state index is 12.0. The van der Waals surface area contributed by atoms with Crippen molar-refractivity contribution in [2.24, 2.45) is 0 Å². The van der Waals surface area contributed by atoms with E-state index in [1.807, 2.05) is 26.0 Å². The van der Waals surface area contributed by atoms with Crippen LogP contribution in [0, 0.1) is 13.8 Å². The maximum Gasteiger partial charge on any atom is 0.163 e. The van der Waals surface area contributed by atoms with Gasteiger partial charge in [-0.15, -0.1) is 0 Å². The highest BCUT2D eigenvalue weighted by Gasteiger charge is 2.14. The van der Waals surface area contributed by atoms with Gasteiger partial charge in [0, 0.05) is 11.6 Å². The molecule has 2 aromatic carbocycles. The summed E-state index contributed by atoms with van der Waals surface area (Å²) in [5.41, 5.74) is 4.47. The maximum absolute atomic E-state index is 12.0. The Morgan fingerprint density at radius 3 is 2.31 bits per heavy atom. The van der Waals surface area contributed by atoms with Gasteiger partial charge in [-0.25, -0.2) is 0 Å². The number of rotatable bonds is 5. The Hall–Kier alpha value is -2.76. The third-order valence-electron chi connectivity index (χ3n) is 4.56. The van der Waals surface area contributed by atoms with Crippen molar-refractivity contribution < 1.29 is 19.7 Å². The normalized spacial score (nSPS) is 11.0. The van der Waals surface area contributed by atoms with Crippen molar-refractivity contribution in [3.8, 4) is 11.5 Å². The van der Waals surface area contributed by atoms with E-state index in [0.717, 1.165) is 11.1 Å². The molecular formula is C21H21NO4. The molecule has 0 bridgehead atoms. The molecule has 3 rings (SSSR count). The number of ether oxygens (including phenoxy) is 1. The van der Waals surface area contributed by atoms with Crippen molar-refractivity contribution in [1.29, 1.82) is 0 Å². The van der Waals surface area contributed by atoms with Crippen molar-refractivity contribution in [2.45, 2.75) is 34.0 Å². The zero-order valence-corrected chi connectivity index (χ0v) is 15.0. The van der Waals surface area contributed by atoms with Crippen LogP contribution >= 0.6 is 0 Å². The average Bonchev–Trinajstić information content (AvgIpc) is 2.63. The van der Waals surface area contributed by atoms with E-state index in [0.29, 0.717) is 39.1 Å². The molecule has 5 heteroatoms. The number of aliphatic hydroxyl groups is 2. The predicted octanol–water partition coefficient (Wildman–Crippen LogP) is 3.83. The highest BCUT2D eigenvalue weighted by atomic mass is 16.5. The van der Waals surface area contributed by atoms with Gasteiger partial charge in [0.15, 0.2) is 5.78 Å². The summed E-state index contributed by atoms with van der Waals surface area (Å²) >= 11 is 0. The summed E-state index contributed by atoms with van der Waals surface area (Å²) in [6.07, 6.45) is 1.62. The summed E-state index contributed by atoms with van der Waals surface area (Å²) in [7, 11) is 0. The fraction of sp³-hybridized carbons (Fsp3) is 0.238. The van der Waals surface area contributed by atoms with Gasteiger partial charge in [-0.3, -0.25) is 9.78 Å². The Kier molecular flexibility index (Phi) is 5.02. The van der Waals surface area contributed by atoms with E-state index >= 15 is 0 Å². The van der Waals surface area contributed by atoms with Crippen LogP contribution in [0.1, 0.15) is 39.5 Å². The third kappa shape index (κ3) is 3.31. The molecule has 0 saturated heterocycles. The monoisotopic (exact) mass is 351 g/mol. The Balaban J connectivity index is 2.15. The Morgan fingerprint density at radius 2 is 1.65 bits per heavy atom. The summed E-state index contributed by atoms with van der Waals surface area (Å²) in [5.74, 6) is 0.963. The van der Waals surface area contributed by atoms with Gasteiger partial charge in [0.2, 0.25) is 0 Å². The Bertz CT molecular complexity index is 995. The van der Waals surface area contributed by atoms with E-state index in [9.17, 15) is 15.0 Å². The first kappa shape index (κ1) is 18.0. The number of carbonyl (C=O) groups is 1. The smallest absolute Gasteiger partial charge is 0.163 e. The van der Waals surface area contributed by atoms with Crippen molar-refractivity contribution in [3.63, 3.8) is 0 Å². The van der Waals surface area contributed by atoms with Crippen LogP contribution in [0.25, 0.3) is 10.9 Å². The highest BCUT2D eigenvalue weighted by Crippen LogP contribution is 2.34. The Morgan fingerprint density at radius 1 is 1.00 bits per heavy atom. The molecule has 0 amide bonds. The molecule has 0 fully saturated rings. The summed E-state index contributed by atoms with van der Waals surface area (Å²) < 4.78 is 6.09. The molecule has 0 aliphatic rings. The number of hydrogen-bond acceptors (Lipinski definition) is 5. The van der Waals surface area contributed by atoms with Crippen LogP contribution < -0.4 is 4.74 Å². The molecule has 3 aromatic rings. The van der Waals surface area contributed by atoms with E-state index in [2.05, 4.69) is 4.98 Å². The van der Waals surface area contributed by atoms with E-state index < -0.39 is 0 Å². The molecule has 0 unspecified atom stereocenters. The summed E-state index contributed by atoms with van der Waals surface area (Å²) in [6.45, 7) is 5.07. The minimum Gasteiger partial charge on any atom is -0.456 e. The second-order valence-electron chi connectivity index (χ2n) is 6.35. The van der Waals surface area contributed by atoms with Crippen LogP contribution in [0.15, 0.2) is 36.5 Å². The van der Waals surface area contributed by atoms with Crippen molar-refractivity contribution >= 4 is 16.7 Å². The molecule has 1 heterocycles. The van der Waals surface area contributed by atoms with Crippen LogP contribution in [-0.4, -0.2) is 21.0 Å². The quantitative estimate of drug-likeness (QED) is 0.683. The molecule has 0 aliphatic carbocycles. The van der Waals surface area contributed by atoms with Gasteiger partial charge in [0.05, 0.1) is 24.3 Å². The number of carbonyl (C=O) groups excluding carboxylic acids is 1.